The first-order valence-corrected chi connectivity index (χ1v) is 11.4. The Morgan fingerprint density at radius 3 is 2.04 bits per heavy atom. The zero-order chi connectivity index (χ0) is 18.3. The summed E-state index contributed by atoms with van der Waals surface area (Å²) in [5.74, 6) is 2.42. The summed E-state index contributed by atoms with van der Waals surface area (Å²) in [6.45, 7) is 12.2. The highest BCUT2D eigenvalue weighted by Crippen LogP contribution is 2.20. The highest BCUT2D eigenvalue weighted by Gasteiger charge is 2.22. The number of hydrogen-bond acceptors (Lipinski definition) is 6. The van der Waals surface area contributed by atoms with Gasteiger partial charge in [-0.1, -0.05) is 5.92 Å². The fraction of sp³-hybridized carbons (Fsp3) is 0.882. The van der Waals surface area contributed by atoms with Crippen LogP contribution in [0, 0.1) is 12.3 Å². The number of terminal acetylenes is 1. The van der Waals surface area contributed by atoms with Gasteiger partial charge in [-0.3, -0.25) is 0 Å². The van der Waals surface area contributed by atoms with Crippen molar-refractivity contribution >= 4 is 30.4 Å². The van der Waals surface area contributed by atoms with Crippen LogP contribution in [-0.2, 0) is 23.1 Å². The van der Waals surface area contributed by atoms with Crippen LogP contribution in [0.4, 0.5) is 0 Å². The Labute approximate surface area is 163 Å². The molecule has 0 saturated carbocycles. The van der Waals surface area contributed by atoms with Crippen LogP contribution < -0.4 is 0 Å². The minimum absolute atomic E-state index is 0.222. The van der Waals surface area contributed by atoms with Crippen LogP contribution in [0.1, 0.15) is 40.5 Å². The largest absolute Gasteiger partial charge is 0.379 e. The molecule has 0 saturated heterocycles. The first kappa shape index (κ1) is 24.4. The maximum atomic E-state index is 5.98. The molecule has 0 unspecified atom stereocenters. The molecule has 0 atom stereocenters. The number of hydrogen-bond donors (Lipinski definition) is 0. The van der Waals surface area contributed by atoms with E-state index in [1.54, 1.807) is 0 Å². The smallest absolute Gasteiger partial charge is 0.107 e. The SMILES string of the molecule is C#CCOCCOCCC(C)(C)OCCC(C)(C)OCCOSI. The zero-order valence-electron chi connectivity index (χ0n) is 15.3. The van der Waals surface area contributed by atoms with Crippen molar-refractivity contribution in [2.24, 2.45) is 0 Å². The monoisotopic (exact) mass is 474 g/mol. The average Bonchev–Trinajstić information content (AvgIpc) is 2.50. The van der Waals surface area contributed by atoms with Gasteiger partial charge in [0.25, 0.3) is 0 Å². The summed E-state index contributed by atoms with van der Waals surface area (Å²) in [6.07, 6.45) is 6.75. The van der Waals surface area contributed by atoms with Gasteiger partial charge in [0, 0.05) is 27.8 Å². The van der Waals surface area contributed by atoms with Gasteiger partial charge < -0.3 is 23.1 Å². The molecule has 0 heterocycles. The third-order valence-electron chi connectivity index (χ3n) is 3.31. The molecule has 7 heteroatoms. The van der Waals surface area contributed by atoms with Gasteiger partial charge in [0.1, 0.15) is 6.61 Å². The lowest BCUT2D eigenvalue weighted by Crippen LogP contribution is -2.32. The summed E-state index contributed by atoms with van der Waals surface area (Å²) in [7, 11) is 1.33. The van der Waals surface area contributed by atoms with Gasteiger partial charge in [-0.15, -0.1) is 6.42 Å². The molecule has 0 rings (SSSR count). The zero-order valence-corrected chi connectivity index (χ0v) is 18.2. The molecular weight excluding hydrogens is 443 g/mol. The molecule has 0 fully saturated rings. The average molecular weight is 474 g/mol. The minimum Gasteiger partial charge on any atom is -0.379 e. The quantitative estimate of drug-likeness (QED) is 0.146. The highest BCUT2D eigenvalue weighted by molar-refractivity contribution is 14.2. The van der Waals surface area contributed by atoms with Gasteiger partial charge in [-0.05, 0) is 40.5 Å². The molecule has 0 aromatic carbocycles. The summed E-state index contributed by atoms with van der Waals surface area (Å²) >= 11 is 2.09. The first-order chi connectivity index (χ1) is 11.3. The Morgan fingerprint density at radius 1 is 0.833 bits per heavy atom. The van der Waals surface area contributed by atoms with Crippen molar-refractivity contribution in [3.05, 3.63) is 0 Å². The molecule has 0 amide bonds. The summed E-state index contributed by atoms with van der Waals surface area (Å²) in [5.41, 5.74) is -0.447. The molecule has 0 radical (unpaired) electrons. The topological polar surface area (TPSA) is 46.2 Å². The molecule has 142 valence electrons. The van der Waals surface area contributed by atoms with E-state index in [0.717, 1.165) is 12.8 Å². The molecule has 0 N–H and O–H groups in total. The number of halogens is 1. The Hall–Kier alpha value is 0.440. The summed E-state index contributed by atoms with van der Waals surface area (Å²) < 4.78 is 27.7. The van der Waals surface area contributed by atoms with E-state index in [-0.39, 0.29) is 11.2 Å². The van der Waals surface area contributed by atoms with E-state index in [0.29, 0.717) is 46.2 Å². The Balaban J connectivity index is 3.72. The maximum absolute atomic E-state index is 5.98. The molecule has 5 nitrogen and oxygen atoms in total. The second kappa shape index (κ2) is 14.6. The van der Waals surface area contributed by atoms with Crippen LogP contribution in [0.5, 0.6) is 0 Å². The predicted molar refractivity (Wildman–Crippen MR) is 107 cm³/mol. The molecule has 0 bridgehead atoms. The molecular formula is C17H31IO5S. The summed E-state index contributed by atoms with van der Waals surface area (Å²) in [5, 5.41) is 0. The van der Waals surface area contributed by atoms with E-state index in [1.807, 2.05) is 0 Å². The molecule has 0 aromatic rings. The second-order valence-electron chi connectivity index (χ2n) is 6.47. The standard InChI is InChI=1S/C17H31IO5S/c1-6-9-19-12-13-20-10-7-16(2,3)21-11-8-17(4,5)22-14-15-23-24-18/h1H,7-15H2,2-5H3. The highest BCUT2D eigenvalue weighted by atomic mass is 127. The van der Waals surface area contributed by atoms with E-state index >= 15 is 0 Å². The van der Waals surface area contributed by atoms with Crippen molar-refractivity contribution in [3.8, 4) is 12.3 Å². The van der Waals surface area contributed by atoms with Crippen molar-refractivity contribution in [2.45, 2.75) is 51.7 Å². The predicted octanol–water partition coefficient (Wildman–Crippen LogP) is 4.04. The molecule has 0 aliphatic carbocycles. The summed E-state index contributed by atoms with van der Waals surface area (Å²) in [6, 6.07) is 0. The van der Waals surface area contributed by atoms with E-state index < -0.39 is 0 Å². The van der Waals surface area contributed by atoms with Crippen molar-refractivity contribution in [2.75, 3.05) is 46.2 Å². The van der Waals surface area contributed by atoms with Gasteiger partial charge in [0.2, 0.25) is 0 Å². The fourth-order valence-electron chi connectivity index (χ4n) is 1.77. The lowest BCUT2D eigenvalue weighted by Gasteiger charge is -2.29. The normalized spacial score (nSPS) is 12.3. The minimum atomic E-state index is -0.225. The Morgan fingerprint density at radius 2 is 1.42 bits per heavy atom. The van der Waals surface area contributed by atoms with Gasteiger partial charge in [-0.25, -0.2) is 0 Å². The van der Waals surface area contributed by atoms with Gasteiger partial charge in [0.05, 0.1) is 53.5 Å². The van der Waals surface area contributed by atoms with E-state index in [2.05, 4.69) is 54.8 Å². The lowest BCUT2D eigenvalue weighted by atomic mass is 10.0. The van der Waals surface area contributed by atoms with Gasteiger partial charge in [0.15, 0.2) is 0 Å². The first-order valence-electron chi connectivity index (χ1n) is 8.10. The molecule has 0 aliphatic rings. The van der Waals surface area contributed by atoms with E-state index in [9.17, 15) is 0 Å². The Bertz CT molecular complexity index is 344. The second-order valence-corrected chi connectivity index (χ2v) is 7.91. The van der Waals surface area contributed by atoms with Crippen LogP contribution in [0.2, 0.25) is 0 Å². The Kier molecular flexibility index (Phi) is 14.9. The van der Waals surface area contributed by atoms with E-state index in [4.69, 9.17) is 29.6 Å². The third kappa shape index (κ3) is 15.9. The number of ether oxygens (including phenoxy) is 4. The summed E-state index contributed by atoms with van der Waals surface area (Å²) in [4.78, 5) is 0. The van der Waals surface area contributed by atoms with Crippen molar-refractivity contribution in [3.63, 3.8) is 0 Å². The molecule has 24 heavy (non-hydrogen) atoms. The third-order valence-corrected chi connectivity index (χ3v) is 4.33. The molecule has 0 aliphatic heterocycles. The van der Waals surface area contributed by atoms with Crippen LogP contribution in [0.3, 0.4) is 0 Å². The van der Waals surface area contributed by atoms with E-state index in [1.165, 1.54) is 9.21 Å². The maximum Gasteiger partial charge on any atom is 0.107 e. The molecule has 0 aromatic heterocycles. The van der Waals surface area contributed by atoms with Crippen LogP contribution in [0.25, 0.3) is 0 Å². The van der Waals surface area contributed by atoms with Crippen LogP contribution >= 0.6 is 30.4 Å². The van der Waals surface area contributed by atoms with Crippen LogP contribution in [0.15, 0.2) is 0 Å². The van der Waals surface area contributed by atoms with Gasteiger partial charge >= 0.3 is 0 Å². The van der Waals surface area contributed by atoms with Gasteiger partial charge in [-0.2, -0.15) is 0 Å². The fourth-order valence-corrected chi connectivity index (χ4v) is 2.44. The van der Waals surface area contributed by atoms with Crippen molar-refractivity contribution < 1.29 is 23.1 Å². The van der Waals surface area contributed by atoms with Crippen LogP contribution in [-0.4, -0.2) is 57.5 Å². The molecule has 0 spiro atoms. The van der Waals surface area contributed by atoms with Crippen molar-refractivity contribution in [1.29, 1.82) is 0 Å². The number of rotatable bonds is 16. The lowest BCUT2D eigenvalue weighted by molar-refractivity contribution is -0.0841. The van der Waals surface area contributed by atoms with Crippen molar-refractivity contribution in [1.82, 2.24) is 0 Å².